The Labute approximate surface area is 130 Å². The molecule has 0 saturated heterocycles. The Balaban J connectivity index is 2.39. The quantitative estimate of drug-likeness (QED) is 0.891. The van der Waals surface area contributed by atoms with Gasteiger partial charge in [-0.1, -0.05) is 23.2 Å². The molecular weight excluding hydrogens is 315 g/mol. The molecule has 21 heavy (non-hydrogen) atoms. The van der Waals surface area contributed by atoms with E-state index >= 15 is 0 Å². The third kappa shape index (κ3) is 3.20. The van der Waals surface area contributed by atoms with Crippen LogP contribution in [0.2, 0.25) is 10.0 Å². The number of nitrogens with one attached hydrogen (secondary N) is 1. The van der Waals surface area contributed by atoms with Crippen LogP contribution in [-0.4, -0.2) is 15.6 Å². The smallest absolute Gasteiger partial charge is 0.260 e. The molecule has 0 saturated carbocycles. The van der Waals surface area contributed by atoms with Crippen molar-refractivity contribution < 1.29 is 9.90 Å². The number of phenols is 1. The molecule has 1 aromatic carbocycles. The first kappa shape index (κ1) is 15.4. The van der Waals surface area contributed by atoms with E-state index in [2.05, 4.69) is 5.32 Å². The van der Waals surface area contributed by atoms with Crippen molar-refractivity contribution in [3.05, 3.63) is 55.9 Å². The van der Waals surface area contributed by atoms with Crippen molar-refractivity contribution in [1.82, 2.24) is 4.57 Å². The lowest BCUT2D eigenvalue weighted by molar-refractivity contribution is 0.102. The van der Waals surface area contributed by atoms with E-state index in [1.807, 2.05) is 0 Å². The first-order chi connectivity index (χ1) is 9.79. The first-order valence-electron chi connectivity index (χ1n) is 5.96. The van der Waals surface area contributed by atoms with Crippen LogP contribution in [0.3, 0.4) is 0 Å². The van der Waals surface area contributed by atoms with Gasteiger partial charge in [-0.3, -0.25) is 9.59 Å². The van der Waals surface area contributed by atoms with E-state index in [4.69, 9.17) is 23.2 Å². The number of aryl methyl sites for hydroxylation is 2. The van der Waals surface area contributed by atoms with Crippen LogP contribution in [0.5, 0.6) is 5.75 Å². The summed E-state index contributed by atoms with van der Waals surface area (Å²) >= 11 is 11.7. The Morgan fingerprint density at radius 3 is 2.57 bits per heavy atom. The molecule has 2 aromatic rings. The number of nitrogens with zero attached hydrogens (tertiary/aromatic N) is 1. The van der Waals surface area contributed by atoms with Crippen molar-refractivity contribution in [1.29, 1.82) is 0 Å². The van der Waals surface area contributed by atoms with Crippen LogP contribution in [-0.2, 0) is 7.05 Å². The van der Waals surface area contributed by atoms with Crippen molar-refractivity contribution >= 4 is 34.8 Å². The molecule has 0 aliphatic carbocycles. The highest BCUT2D eigenvalue weighted by Crippen LogP contribution is 2.30. The third-order valence-electron chi connectivity index (χ3n) is 2.94. The van der Waals surface area contributed by atoms with Gasteiger partial charge < -0.3 is 15.0 Å². The normalized spacial score (nSPS) is 10.5. The molecule has 1 heterocycles. The molecule has 0 unspecified atom stereocenters. The fourth-order valence-electron chi connectivity index (χ4n) is 1.82. The zero-order valence-electron chi connectivity index (χ0n) is 11.3. The average molecular weight is 327 g/mol. The van der Waals surface area contributed by atoms with Gasteiger partial charge in [0.05, 0.1) is 10.7 Å². The fraction of sp³-hybridized carbons (Fsp3) is 0.143. The van der Waals surface area contributed by atoms with E-state index in [-0.39, 0.29) is 26.9 Å². The first-order valence-corrected chi connectivity index (χ1v) is 6.72. The van der Waals surface area contributed by atoms with Crippen molar-refractivity contribution in [2.24, 2.45) is 7.05 Å². The highest BCUT2D eigenvalue weighted by atomic mass is 35.5. The van der Waals surface area contributed by atoms with Gasteiger partial charge in [-0.25, -0.2) is 0 Å². The number of aromatic nitrogens is 1. The SMILES string of the molecule is Cc1cc(=O)n(C)cc1NC(=O)c1c(O)cc(Cl)cc1Cl. The molecule has 0 atom stereocenters. The van der Waals surface area contributed by atoms with Gasteiger partial charge in [0.2, 0.25) is 0 Å². The molecule has 1 aromatic heterocycles. The Hall–Kier alpha value is -1.98. The van der Waals surface area contributed by atoms with Crippen LogP contribution in [0, 0.1) is 6.92 Å². The minimum Gasteiger partial charge on any atom is -0.507 e. The number of benzene rings is 1. The second-order valence-corrected chi connectivity index (χ2v) is 5.40. The maximum atomic E-state index is 12.2. The van der Waals surface area contributed by atoms with Gasteiger partial charge in [-0.15, -0.1) is 0 Å². The fourth-order valence-corrected chi connectivity index (χ4v) is 2.39. The number of hydrogen-bond acceptors (Lipinski definition) is 3. The number of anilines is 1. The molecule has 2 rings (SSSR count). The minimum atomic E-state index is -0.587. The second kappa shape index (κ2) is 5.79. The summed E-state index contributed by atoms with van der Waals surface area (Å²) in [5.74, 6) is -0.900. The van der Waals surface area contributed by atoms with Crippen LogP contribution < -0.4 is 10.9 Å². The number of hydrogen-bond donors (Lipinski definition) is 2. The molecule has 2 N–H and O–H groups in total. The van der Waals surface area contributed by atoms with E-state index in [9.17, 15) is 14.7 Å². The van der Waals surface area contributed by atoms with Gasteiger partial charge in [-0.05, 0) is 24.6 Å². The summed E-state index contributed by atoms with van der Waals surface area (Å²) in [6, 6.07) is 4.00. The number of phenolic OH excluding ortho intramolecular Hbond substituents is 1. The van der Waals surface area contributed by atoms with Crippen LogP contribution in [0.1, 0.15) is 15.9 Å². The number of carbonyl (C=O) groups excluding carboxylic acids is 1. The molecule has 5 nitrogen and oxygen atoms in total. The lowest BCUT2D eigenvalue weighted by Crippen LogP contribution is -2.20. The molecule has 7 heteroatoms. The molecule has 0 spiro atoms. The Morgan fingerprint density at radius 2 is 1.95 bits per heavy atom. The monoisotopic (exact) mass is 326 g/mol. The van der Waals surface area contributed by atoms with E-state index in [1.54, 1.807) is 14.0 Å². The highest BCUT2D eigenvalue weighted by Gasteiger charge is 2.17. The molecule has 110 valence electrons. The largest absolute Gasteiger partial charge is 0.507 e. The summed E-state index contributed by atoms with van der Waals surface area (Å²) in [7, 11) is 1.57. The molecular formula is C14H12Cl2N2O3. The maximum Gasteiger partial charge on any atom is 0.260 e. The predicted octanol–water partition coefficient (Wildman–Crippen LogP) is 2.96. The summed E-state index contributed by atoms with van der Waals surface area (Å²) < 4.78 is 1.34. The third-order valence-corrected chi connectivity index (χ3v) is 3.46. The topological polar surface area (TPSA) is 71.3 Å². The van der Waals surface area contributed by atoms with E-state index in [0.29, 0.717) is 11.3 Å². The predicted molar refractivity (Wildman–Crippen MR) is 82.5 cm³/mol. The Bertz CT molecular complexity index is 761. The number of pyridine rings is 1. The number of amides is 1. The van der Waals surface area contributed by atoms with Gasteiger partial charge in [0.1, 0.15) is 11.3 Å². The molecule has 0 aliphatic rings. The Kier molecular flexibility index (Phi) is 4.25. The summed E-state index contributed by atoms with van der Waals surface area (Å²) in [6.07, 6.45) is 1.50. The summed E-state index contributed by atoms with van der Waals surface area (Å²) in [6.45, 7) is 1.69. The molecule has 1 amide bonds. The van der Waals surface area contributed by atoms with Gasteiger partial charge in [0.25, 0.3) is 11.5 Å². The molecule has 0 bridgehead atoms. The maximum absolute atomic E-state index is 12.2. The molecule has 0 aliphatic heterocycles. The van der Waals surface area contributed by atoms with E-state index in [1.165, 1.54) is 29.0 Å². The van der Waals surface area contributed by atoms with Gasteiger partial charge in [-0.2, -0.15) is 0 Å². The molecule has 0 fully saturated rings. The summed E-state index contributed by atoms with van der Waals surface area (Å²) in [5.41, 5.74) is 0.802. The van der Waals surface area contributed by atoms with Crippen molar-refractivity contribution in [3.63, 3.8) is 0 Å². The average Bonchev–Trinajstić information content (AvgIpc) is 2.34. The van der Waals surface area contributed by atoms with Crippen LogP contribution in [0.4, 0.5) is 5.69 Å². The van der Waals surface area contributed by atoms with E-state index < -0.39 is 5.91 Å². The van der Waals surface area contributed by atoms with E-state index in [0.717, 1.165) is 0 Å². The summed E-state index contributed by atoms with van der Waals surface area (Å²) in [5, 5.41) is 12.7. The van der Waals surface area contributed by atoms with Gasteiger partial charge in [0.15, 0.2) is 0 Å². The zero-order valence-corrected chi connectivity index (χ0v) is 12.8. The second-order valence-electron chi connectivity index (χ2n) is 4.56. The zero-order chi connectivity index (χ0) is 15.7. The van der Waals surface area contributed by atoms with Crippen molar-refractivity contribution in [3.8, 4) is 5.75 Å². The number of rotatable bonds is 2. The standard InChI is InChI=1S/C14H12Cl2N2O3/c1-7-3-12(20)18(2)6-10(7)17-14(21)13-9(16)4-8(15)5-11(13)19/h3-6,19H,1-2H3,(H,17,21). The highest BCUT2D eigenvalue weighted by molar-refractivity contribution is 6.37. The lowest BCUT2D eigenvalue weighted by Gasteiger charge is -2.12. The van der Waals surface area contributed by atoms with Crippen LogP contribution >= 0.6 is 23.2 Å². The minimum absolute atomic E-state index is 0.0416. The number of carbonyl (C=O) groups is 1. The van der Waals surface area contributed by atoms with Gasteiger partial charge in [0, 0.05) is 24.3 Å². The Morgan fingerprint density at radius 1 is 1.29 bits per heavy atom. The van der Waals surface area contributed by atoms with Crippen molar-refractivity contribution in [2.75, 3.05) is 5.32 Å². The summed E-state index contributed by atoms with van der Waals surface area (Å²) in [4.78, 5) is 23.7. The van der Waals surface area contributed by atoms with Crippen molar-refractivity contribution in [2.45, 2.75) is 6.92 Å². The van der Waals surface area contributed by atoms with Crippen LogP contribution in [0.15, 0.2) is 29.2 Å². The number of halogens is 2. The lowest BCUT2D eigenvalue weighted by atomic mass is 10.1. The number of aromatic hydroxyl groups is 1. The molecule has 0 radical (unpaired) electrons. The van der Waals surface area contributed by atoms with Gasteiger partial charge >= 0.3 is 0 Å². The van der Waals surface area contributed by atoms with Crippen LogP contribution in [0.25, 0.3) is 0 Å².